The molecule has 1 N–H and O–H groups in total. The van der Waals surface area contributed by atoms with Gasteiger partial charge in [-0.05, 0) is 29.0 Å². The molecule has 2 aliphatic heterocycles. The maximum absolute atomic E-state index is 5.99. The van der Waals surface area contributed by atoms with Crippen LogP contribution < -0.4 is 10.1 Å². The minimum absolute atomic E-state index is 0.205. The van der Waals surface area contributed by atoms with E-state index in [1.165, 1.54) is 11.1 Å². The average molecular weight is 274 g/mol. The Morgan fingerprint density at radius 2 is 1.95 bits per heavy atom. The van der Waals surface area contributed by atoms with E-state index in [4.69, 9.17) is 4.74 Å². The number of hydrogen-bond acceptors (Lipinski definition) is 3. The third kappa shape index (κ3) is 2.84. The van der Waals surface area contributed by atoms with Gasteiger partial charge in [-0.2, -0.15) is 0 Å². The Morgan fingerprint density at radius 3 is 2.65 bits per heavy atom. The second-order valence-electron chi connectivity index (χ2n) is 7.03. The van der Waals surface area contributed by atoms with Crippen molar-refractivity contribution in [1.29, 1.82) is 0 Å². The van der Waals surface area contributed by atoms with E-state index in [1.54, 1.807) is 0 Å². The highest BCUT2D eigenvalue weighted by Gasteiger charge is 2.27. The molecule has 2 heterocycles. The third-order valence-corrected chi connectivity index (χ3v) is 4.48. The van der Waals surface area contributed by atoms with Gasteiger partial charge in [0.15, 0.2) is 0 Å². The van der Waals surface area contributed by atoms with E-state index in [0.29, 0.717) is 6.04 Å². The number of hydrogen-bond donors (Lipinski definition) is 1. The number of fused-ring (bicyclic) bond motifs is 1. The quantitative estimate of drug-likeness (QED) is 0.849. The normalized spacial score (nSPS) is 24.1. The van der Waals surface area contributed by atoms with Crippen LogP contribution in [0.4, 0.5) is 0 Å². The fraction of sp³-hybridized carbons (Fsp3) is 0.647. The Hall–Kier alpha value is -1.06. The molecule has 0 aromatic heterocycles. The summed E-state index contributed by atoms with van der Waals surface area (Å²) in [6.07, 6.45) is 1.12. The van der Waals surface area contributed by atoms with Gasteiger partial charge in [-0.1, -0.05) is 32.9 Å². The molecule has 0 spiro atoms. The van der Waals surface area contributed by atoms with Crippen molar-refractivity contribution in [3.05, 3.63) is 29.3 Å². The Morgan fingerprint density at radius 1 is 1.20 bits per heavy atom. The molecule has 20 heavy (non-hydrogen) atoms. The van der Waals surface area contributed by atoms with Gasteiger partial charge in [0.25, 0.3) is 0 Å². The molecule has 0 radical (unpaired) electrons. The molecule has 1 aromatic carbocycles. The average Bonchev–Trinajstić information content (AvgIpc) is 2.46. The molecule has 0 bridgehead atoms. The van der Waals surface area contributed by atoms with Crippen LogP contribution in [0.3, 0.4) is 0 Å². The molecule has 1 atom stereocenters. The lowest BCUT2D eigenvalue weighted by molar-refractivity contribution is 0.107. The summed E-state index contributed by atoms with van der Waals surface area (Å²) in [7, 11) is 0. The number of nitrogens with zero attached hydrogens (tertiary/aromatic N) is 1. The van der Waals surface area contributed by atoms with Crippen LogP contribution in [0.2, 0.25) is 0 Å². The van der Waals surface area contributed by atoms with E-state index >= 15 is 0 Å². The van der Waals surface area contributed by atoms with Crippen LogP contribution in [-0.2, 0) is 11.8 Å². The number of nitrogens with one attached hydrogen (secondary N) is 1. The van der Waals surface area contributed by atoms with Crippen LogP contribution in [0.25, 0.3) is 0 Å². The summed E-state index contributed by atoms with van der Waals surface area (Å²) in [5.74, 6) is 1.09. The van der Waals surface area contributed by atoms with Crippen molar-refractivity contribution in [3.63, 3.8) is 0 Å². The number of ether oxygens (including phenoxy) is 1. The lowest BCUT2D eigenvalue weighted by Crippen LogP contribution is -2.52. The minimum atomic E-state index is 0.205. The molecule has 2 aliphatic rings. The molecule has 1 fully saturated rings. The molecular formula is C17H26N2O. The Balaban J connectivity index is 1.78. The second-order valence-corrected chi connectivity index (χ2v) is 7.03. The SMILES string of the molecule is CC(C)(C)c1ccc2c(c1)CC(N1CCNCC1)CO2. The van der Waals surface area contributed by atoms with E-state index in [2.05, 4.69) is 49.2 Å². The molecular weight excluding hydrogens is 248 g/mol. The summed E-state index contributed by atoms with van der Waals surface area (Å²) in [6.45, 7) is 12.1. The lowest BCUT2D eigenvalue weighted by atomic mass is 9.85. The van der Waals surface area contributed by atoms with Crippen LogP contribution in [0.15, 0.2) is 18.2 Å². The standard InChI is InChI=1S/C17H26N2O/c1-17(2,3)14-4-5-16-13(10-14)11-15(12-20-16)19-8-6-18-7-9-19/h4-5,10,15,18H,6-9,11-12H2,1-3H3. The first kappa shape index (κ1) is 13.9. The Labute approximate surface area is 122 Å². The van der Waals surface area contributed by atoms with Crippen molar-refractivity contribution in [1.82, 2.24) is 10.2 Å². The molecule has 1 saturated heterocycles. The van der Waals surface area contributed by atoms with E-state index in [1.807, 2.05) is 0 Å². The van der Waals surface area contributed by atoms with E-state index in [9.17, 15) is 0 Å². The monoisotopic (exact) mass is 274 g/mol. The maximum atomic E-state index is 5.99. The van der Waals surface area contributed by atoms with Gasteiger partial charge in [0.2, 0.25) is 0 Å². The van der Waals surface area contributed by atoms with E-state index in [0.717, 1.165) is 45.0 Å². The molecule has 110 valence electrons. The van der Waals surface area contributed by atoms with Crippen LogP contribution in [-0.4, -0.2) is 43.7 Å². The summed E-state index contributed by atoms with van der Waals surface area (Å²) in [6, 6.07) is 7.26. The second kappa shape index (κ2) is 5.38. The van der Waals surface area contributed by atoms with Gasteiger partial charge in [-0.15, -0.1) is 0 Å². The molecule has 0 saturated carbocycles. The molecule has 1 aromatic rings. The van der Waals surface area contributed by atoms with Gasteiger partial charge in [0, 0.05) is 32.2 Å². The first-order chi connectivity index (χ1) is 9.54. The third-order valence-electron chi connectivity index (χ3n) is 4.48. The van der Waals surface area contributed by atoms with Crippen molar-refractivity contribution < 1.29 is 4.74 Å². The topological polar surface area (TPSA) is 24.5 Å². The molecule has 0 aliphatic carbocycles. The molecule has 1 unspecified atom stereocenters. The molecule has 0 amide bonds. The largest absolute Gasteiger partial charge is 0.492 e. The van der Waals surface area contributed by atoms with Gasteiger partial charge in [0.05, 0.1) is 0 Å². The van der Waals surface area contributed by atoms with Crippen molar-refractivity contribution in [2.45, 2.75) is 38.6 Å². The fourth-order valence-electron chi connectivity index (χ4n) is 3.13. The van der Waals surface area contributed by atoms with Crippen molar-refractivity contribution >= 4 is 0 Å². The summed E-state index contributed by atoms with van der Waals surface area (Å²) >= 11 is 0. The number of rotatable bonds is 1. The van der Waals surface area contributed by atoms with Crippen molar-refractivity contribution in [2.24, 2.45) is 0 Å². The van der Waals surface area contributed by atoms with E-state index < -0.39 is 0 Å². The van der Waals surface area contributed by atoms with Gasteiger partial charge in [-0.3, -0.25) is 4.90 Å². The first-order valence-corrected chi connectivity index (χ1v) is 7.75. The molecule has 3 heteroatoms. The Kier molecular flexibility index (Phi) is 3.74. The van der Waals surface area contributed by atoms with Crippen LogP contribution in [0, 0.1) is 0 Å². The predicted octanol–water partition coefficient (Wildman–Crippen LogP) is 2.19. The predicted molar refractivity (Wildman–Crippen MR) is 82.6 cm³/mol. The van der Waals surface area contributed by atoms with Crippen LogP contribution >= 0.6 is 0 Å². The lowest BCUT2D eigenvalue weighted by Gasteiger charge is -2.37. The van der Waals surface area contributed by atoms with Gasteiger partial charge < -0.3 is 10.1 Å². The minimum Gasteiger partial charge on any atom is -0.492 e. The van der Waals surface area contributed by atoms with Crippen molar-refractivity contribution in [2.75, 3.05) is 32.8 Å². The fourth-order valence-corrected chi connectivity index (χ4v) is 3.13. The molecule has 3 rings (SSSR count). The Bertz CT molecular complexity index is 472. The highest BCUT2D eigenvalue weighted by molar-refractivity contribution is 5.41. The smallest absolute Gasteiger partial charge is 0.122 e. The highest BCUT2D eigenvalue weighted by atomic mass is 16.5. The first-order valence-electron chi connectivity index (χ1n) is 7.75. The van der Waals surface area contributed by atoms with Gasteiger partial charge >= 0.3 is 0 Å². The number of benzene rings is 1. The maximum Gasteiger partial charge on any atom is 0.122 e. The van der Waals surface area contributed by atoms with Gasteiger partial charge in [0.1, 0.15) is 12.4 Å². The number of piperazine rings is 1. The van der Waals surface area contributed by atoms with E-state index in [-0.39, 0.29) is 5.41 Å². The van der Waals surface area contributed by atoms with Crippen molar-refractivity contribution in [3.8, 4) is 5.75 Å². The summed E-state index contributed by atoms with van der Waals surface area (Å²) in [5.41, 5.74) is 2.99. The zero-order chi connectivity index (χ0) is 14.2. The summed E-state index contributed by atoms with van der Waals surface area (Å²) in [5, 5.41) is 3.42. The highest BCUT2D eigenvalue weighted by Crippen LogP contribution is 2.32. The zero-order valence-electron chi connectivity index (χ0n) is 12.9. The molecule has 3 nitrogen and oxygen atoms in total. The van der Waals surface area contributed by atoms with Crippen LogP contribution in [0.5, 0.6) is 5.75 Å². The van der Waals surface area contributed by atoms with Gasteiger partial charge in [-0.25, -0.2) is 0 Å². The van der Waals surface area contributed by atoms with Crippen LogP contribution in [0.1, 0.15) is 31.9 Å². The summed E-state index contributed by atoms with van der Waals surface area (Å²) in [4.78, 5) is 2.57. The zero-order valence-corrected chi connectivity index (χ0v) is 12.9. The summed E-state index contributed by atoms with van der Waals surface area (Å²) < 4.78 is 5.99.